The Morgan fingerprint density at radius 3 is 2.69 bits per heavy atom. The van der Waals surface area contributed by atoms with Crippen molar-refractivity contribution in [3.05, 3.63) is 30.6 Å². The van der Waals surface area contributed by atoms with Crippen LogP contribution in [0, 0.1) is 0 Å². The highest BCUT2D eigenvalue weighted by atomic mass is 16.5. The van der Waals surface area contributed by atoms with Gasteiger partial charge in [-0.3, -0.25) is 19.5 Å². The van der Waals surface area contributed by atoms with E-state index in [0.717, 1.165) is 42.0 Å². The van der Waals surface area contributed by atoms with Crippen LogP contribution >= 0.6 is 0 Å². The summed E-state index contributed by atoms with van der Waals surface area (Å²) >= 11 is 0. The molecule has 2 aliphatic rings. The number of anilines is 2. The van der Waals surface area contributed by atoms with E-state index in [1.165, 1.54) is 0 Å². The molecule has 0 aliphatic carbocycles. The SMILES string of the molecule is Cn1nccc1-c1cc(N2CCOCC2)nc2c1c(N1CCCC1=O)nn2-c1ccn[nH]1. The van der Waals surface area contributed by atoms with Crippen molar-refractivity contribution < 1.29 is 9.53 Å². The van der Waals surface area contributed by atoms with Gasteiger partial charge in [0.05, 0.1) is 30.5 Å². The maximum atomic E-state index is 12.7. The molecule has 11 nitrogen and oxygen atoms in total. The van der Waals surface area contributed by atoms with Crippen LogP contribution in [0.15, 0.2) is 30.6 Å². The second kappa shape index (κ2) is 7.45. The molecule has 4 aromatic heterocycles. The summed E-state index contributed by atoms with van der Waals surface area (Å²) in [6, 6.07) is 5.89. The number of nitrogens with one attached hydrogen (secondary N) is 1. The van der Waals surface area contributed by atoms with Gasteiger partial charge in [0.2, 0.25) is 5.91 Å². The highest BCUT2D eigenvalue weighted by Gasteiger charge is 2.31. The lowest BCUT2D eigenvalue weighted by atomic mass is 10.1. The molecule has 6 rings (SSSR count). The van der Waals surface area contributed by atoms with E-state index in [-0.39, 0.29) is 5.91 Å². The van der Waals surface area contributed by atoms with Gasteiger partial charge < -0.3 is 9.64 Å². The number of aromatic amines is 1. The third-order valence-corrected chi connectivity index (χ3v) is 6.08. The van der Waals surface area contributed by atoms with Crippen LogP contribution in [-0.2, 0) is 16.6 Å². The number of rotatable bonds is 4. The molecule has 0 spiro atoms. The van der Waals surface area contributed by atoms with Crippen LogP contribution in [0.5, 0.6) is 0 Å². The Bertz CT molecular complexity index is 1280. The molecule has 0 unspecified atom stereocenters. The fourth-order valence-corrected chi connectivity index (χ4v) is 4.47. The number of aryl methyl sites for hydroxylation is 1. The van der Waals surface area contributed by atoms with E-state index < -0.39 is 0 Å². The van der Waals surface area contributed by atoms with E-state index in [0.29, 0.717) is 43.5 Å². The number of H-pyrrole nitrogens is 1. The molecule has 0 atom stereocenters. The fourth-order valence-electron chi connectivity index (χ4n) is 4.47. The van der Waals surface area contributed by atoms with Gasteiger partial charge in [-0.05, 0) is 18.6 Å². The summed E-state index contributed by atoms with van der Waals surface area (Å²) < 4.78 is 9.12. The summed E-state index contributed by atoms with van der Waals surface area (Å²) in [5.74, 6) is 2.23. The largest absolute Gasteiger partial charge is 0.378 e. The number of hydrogen-bond acceptors (Lipinski definition) is 7. The standard InChI is InChI=1S/C21H23N9O2/c1-27-15(4-7-23-27)14-13-17(28-9-11-32-12-10-28)24-20-19(14)21(29-8-2-3-18(29)31)26-30(20)16-5-6-22-25-16/h4-7,13H,2-3,8-12H2,1H3,(H,22,25). The van der Waals surface area contributed by atoms with Gasteiger partial charge in [0.1, 0.15) is 5.82 Å². The van der Waals surface area contributed by atoms with Crippen LogP contribution in [0.3, 0.4) is 0 Å². The van der Waals surface area contributed by atoms with Gasteiger partial charge in [0.25, 0.3) is 0 Å². The summed E-state index contributed by atoms with van der Waals surface area (Å²) in [6.07, 6.45) is 4.80. The van der Waals surface area contributed by atoms with Crippen molar-refractivity contribution in [2.24, 2.45) is 7.05 Å². The van der Waals surface area contributed by atoms with Gasteiger partial charge in [0.15, 0.2) is 17.3 Å². The average molecular weight is 433 g/mol. The minimum absolute atomic E-state index is 0.0781. The molecule has 4 aromatic rings. The Balaban J connectivity index is 1.66. The van der Waals surface area contributed by atoms with E-state index in [9.17, 15) is 4.79 Å². The molecule has 2 aliphatic heterocycles. The zero-order chi connectivity index (χ0) is 21.7. The molecule has 0 radical (unpaired) electrons. The molecule has 164 valence electrons. The number of carbonyl (C=O) groups is 1. The van der Waals surface area contributed by atoms with Crippen LogP contribution in [0.4, 0.5) is 11.6 Å². The Morgan fingerprint density at radius 2 is 2.00 bits per heavy atom. The van der Waals surface area contributed by atoms with Crippen LogP contribution in [0.25, 0.3) is 28.1 Å². The molecule has 0 aromatic carbocycles. The second-order valence-corrected chi connectivity index (χ2v) is 7.99. The van der Waals surface area contributed by atoms with E-state index >= 15 is 0 Å². The van der Waals surface area contributed by atoms with Crippen LogP contribution < -0.4 is 9.80 Å². The Kier molecular flexibility index (Phi) is 4.42. The van der Waals surface area contributed by atoms with Crippen molar-refractivity contribution >= 4 is 28.6 Å². The lowest BCUT2D eigenvalue weighted by Crippen LogP contribution is -2.36. The van der Waals surface area contributed by atoms with Gasteiger partial charge in [-0.15, -0.1) is 5.10 Å². The molecular weight excluding hydrogens is 410 g/mol. The highest BCUT2D eigenvalue weighted by molar-refractivity contribution is 6.08. The van der Waals surface area contributed by atoms with Gasteiger partial charge >= 0.3 is 0 Å². The highest BCUT2D eigenvalue weighted by Crippen LogP contribution is 2.39. The van der Waals surface area contributed by atoms with Crippen LogP contribution in [0.1, 0.15) is 12.8 Å². The topological polar surface area (TPSA) is 110 Å². The van der Waals surface area contributed by atoms with Crippen LogP contribution in [0.2, 0.25) is 0 Å². The minimum atomic E-state index is 0.0781. The maximum Gasteiger partial charge on any atom is 0.228 e. The molecule has 11 heteroatoms. The number of aromatic nitrogens is 7. The normalized spacial score (nSPS) is 17.1. The van der Waals surface area contributed by atoms with Crippen molar-refractivity contribution in [3.8, 4) is 17.1 Å². The summed E-state index contributed by atoms with van der Waals surface area (Å²) in [5.41, 5.74) is 2.55. The fraction of sp³-hybridized carbons (Fsp3) is 0.381. The predicted octanol–water partition coefficient (Wildman–Crippen LogP) is 1.51. The van der Waals surface area contributed by atoms with Crippen molar-refractivity contribution in [3.63, 3.8) is 0 Å². The first-order chi connectivity index (χ1) is 15.7. The first kappa shape index (κ1) is 19.0. The summed E-state index contributed by atoms with van der Waals surface area (Å²) in [6.45, 7) is 3.49. The molecule has 0 bridgehead atoms. The molecule has 1 amide bonds. The number of hydrogen-bond donors (Lipinski definition) is 1. The molecule has 0 saturated carbocycles. The number of carbonyl (C=O) groups excluding carboxylic acids is 1. The van der Waals surface area contributed by atoms with Crippen molar-refractivity contribution in [2.75, 3.05) is 42.6 Å². The quantitative estimate of drug-likeness (QED) is 0.519. The first-order valence-corrected chi connectivity index (χ1v) is 10.8. The third kappa shape index (κ3) is 2.96. The Labute approximate surface area is 183 Å². The lowest BCUT2D eigenvalue weighted by molar-refractivity contribution is -0.117. The lowest BCUT2D eigenvalue weighted by Gasteiger charge is -2.28. The molecule has 2 fully saturated rings. The van der Waals surface area contributed by atoms with E-state index in [1.54, 1.807) is 22.0 Å². The van der Waals surface area contributed by atoms with Crippen molar-refractivity contribution in [1.29, 1.82) is 0 Å². The summed E-state index contributed by atoms with van der Waals surface area (Å²) in [5, 5.41) is 17.1. The number of pyridine rings is 1. The van der Waals surface area contributed by atoms with Gasteiger partial charge in [-0.2, -0.15) is 14.9 Å². The zero-order valence-electron chi connectivity index (χ0n) is 17.7. The minimum Gasteiger partial charge on any atom is -0.378 e. The molecule has 32 heavy (non-hydrogen) atoms. The van der Waals surface area contributed by atoms with Gasteiger partial charge in [0, 0.05) is 50.9 Å². The average Bonchev–Trinajstić information content (AvgIpc) is 3.60. The van der Waals surface area contributed by atoms with Gasteiger partial charge in [-0.25, -0.2) is 4.98 Å². The predicted molar refractivity (Wildman–Crippen MR) is 118 cm³/mol. The second-order valence-electron chi connectivity index (χ2n) is 7.99. The summed E-state index contributed by atoms with van der Waals surface area (Å²) in [7, 11) is 1.91. The molecule has 6 heterocycles. The Hall–Kier alpha value is -3.73. The van der Waals surface area contributed by atoms with E-state index in [1.807, 2.05) is 23.9 Å². The molecule has 2 saturated heterocycles. The van der Waals surface area contributed by atoms with Crippen molar-refractivity contribution in [1.82, 2.24) is 34.7 Å². The van der Waals surface area contributed by atoms with Crippen LogP contribution in [-0.4, -0.2) is 73.5 Å². The first-order valence-electron chi connectivity index (χ1n) is 10.8. The number of morpholine rings is 1. The Morgan fingerprint density at radius 1 is 1.12 bits per heavy atom. The molecular formula is C21H23N9O2. The van der Waals surface area contributed by atoms with E-state index in [4.69, 9.17) is 14.8 Å². The van der Waals surface area contributed by atoms with Gasteiger partial charge in [-0.1, -0.05) is 0 Å². The smallest absolute Gasteiger partial charge is 0.228 e. The molecule has 1 N–H and O–H groups in total. The zero-order valence-corrected chi connectivity index (χ0v) is 17.7. The summed E-state index contributed by atoms with van der Waals surface area (Å²) in [4.78, 5) is 21.7. The van der Waals surface area contributed by atoms with E-state index in [2.05, 4.69) is 26.3 Å². The number of fused-ring (bicyclic) bond motifs is 1. The number of amides is 1. The number of nitrogens with zero attached hydrogens (tertiary/aromatic N) is 8. The maximum absolute atomic E-state index is 12.7. The van der Waals surface area contributed by atoms with Crippen molar-refractivity contribution in [2.45, 2.75) is 12.8 Å². The number of ether oxygens (including phenoxy) is 1. The third-order valence-electron chi connectivity index (χ3n) is 6.08. The monoisotopic (exact) mass is 433 g/mol.